The lowest BCUT2D eigenvalue weighted by Gasteiger charge is -2.21. The van der Waals surface area contributed by atoms with Crippen LogP contribution in [0.5, 0.6) is 0 Å². The average Bonchev–Trinajstić information content (AvgIpc) is 3.21. The molecule has 3 aliphatic rings. The highest BCUT2D eigenvalue weighted by atomic mass is 32.2. The Hall–Kier alpha value is -2.57. The Morgan fingerprint density at radius 2 is 2.03 bits per heavy atom. The second-order valence-corrected chi connectivity index (χ2v) is 11.3. The van der Waals surface area contributed by atoms with Crippen LogP contribution >= 0.6 is 11.8 Å². The van der Waals surface area contributed by atoms with Gasteiger partial charge in [0.05, 0.1) is 18.1 Å². The Kier molecular flexibility index (Phi) is 7.01. The number of nitriles is 1. The number of thioether (sulfide) groups is 1. The van der Waals surface area contributed by atoms with E-state index in [9.17, 15) is 13.2 Å². The zero-order chi connectivity index (χ0) is 25.3. The molecule has 2 fully saturated rings. The van der Waals surface area contributed by atoms with Gasteiger partial charge in [0.25, 0.3) is 0 Å². The van der Waals surface area contributed by atoms with E-state index in [0.717, 1.165) is 66.8 Å². The first-order valence-electron chi connectivity index (χ1n) is 12.5. The number of alkyl halides is 3. The zero-order valence-electron chi connectivity index (χ0n) is 20.3. The van der Waals surface area contributed by atoms with Gasteiger partial charge in [-0.15, -0.1) is 10.2 Å². The van der Waals surface area contributed by atoms with Crippen LogP contribution in [-0.2, 0) is 13.5 Å². The van der Waals surface area contributed by atoms with Crippen molar-refractivity contribution in [1.29, 1.82) is 5.26 Å². The number of benzene rings is 1. The highest BCUT2D eigenvalue weighted by Gasteiger charge is 2.59. The van der Waals surface area contributed by atoms with Gasteiger partial charge in [-0.2, -0.15) is 18.4 Å². The normalized spacial score (nSPS) is 25.8. The fraction of sp³-hybridized carbons (Fsp3) is 0.519. The summed E-state index contributed by atoms with van der Waals surface area (Å²) < 4.78 is 40.7. The topological polar surface area (TPSA) is 57.7 Å². The lowest BCUT2D eigenvalue weighted by atomic mass is 9.87. The van der Waals surface area contributed by atoms with Crippen LogP contribution in [0.15, 0.2) is 53.2 Å². The molecule has 0 N–H and O–H groups in total. The lowest BCUT2D eigenvalue weighted by Crippen LogP contribution is -2.24. The summed E-state index contributed by atoms with van der Waals surface area (Å²) in [5.74, 6) is 2.54. The van der Waals surface area contributed by atoms with Crippen molar-refractivity contribution >= 4 is 11.8 Å². The Morgan fingerprint density at radius 1 is 1.22 bits per heavy atom. The van der Waals surface area contributed by atoms with Crippen molar-refractivity contribution in [2.24, 2.45) is 24.3 Å². The summed E-state index contributed by atoms with van der Waals surface area (Å²) in [5.41, 5.74) is 1.79. The molecule has 36 heavy (non-hydrogen) atoms. The fourth-order valence-corrected chi connectivity index (χ4v) is 6.62. The van der Waals surface area contributed by atoms with Crippen molar-refractivity contribution in [3.05, 3.63) is 53.6 Å². The number of allylic oxidation sites excluding steroid dienone is 4. The van der Waals surface area contributed by atoms with E-state index in [2.05, 4.69) is 21.2 Å². The predicted octanol–water partition coefficient (Wildman–Crippen LogP) is 5.81. The maximum Gasteiger partial charge on any atom is 0.416 e. The molecule has 1 spiro atoms. The number of likely N-dealkylation sites (tertiary alicyclic amines) is 1. The molecule has 3 atom stereocenters. The Morgan fingerprint density at radius 3 is 2.72 bits per heavy atom. The number of rotatable bonds is 8. The molecule has 5 rings (SSSR count). The molecule has 2 heterocycles. The van der Waals surface area contributed by atoms with E-state index in [0.29, 0.717) is 24.2 Å². The minimum atomic E-state index is -4.23. The summed E-state index contributed by atoms with van der Waals surface area (Å²) in [7, 11) is 1.98. The van der Waals surface area contributed by atoms with Crippen molar-refractivity contribution in [2.75, 3.05) is 25.4 Å². The van der Waals surface area contributed by atoms with Crippen molar-refractivity contribution in [3.8, 4) is 17.5 Å². The SMILES string of the molecule is Cn1c(SCCCN2CC[C@]3(C[C@@H]3C3C=CC(C(F)(F)F)=CC3)C2)nnc1-c1ccc(CC#N)cc1. The molecule has 5 nitrogen and oxygen atoms in total. The van der Waals surface area contributed by atoms with Gasteiger partial charge < -0.3 is 9.47 Å². The van der Waals surface area contributed by atoms with Gasteiger partial charge in [-0.3, -0.25) is 0 Å². The molecule has 190 valence electrons. The Bertz CT molecular complexity index is 1190. The molecule has 0 radical (unpaired) electrons. The molecule has 1 aromatic carbocycles. The van der Waals surface area contributed by atoms with Crippen LogP contribution in [0.4, 0.5) is 13.2 Å². The van der Waals surface area contributed by atoms with E-state index < -0.39 is 11.7 Å². The van der Waals surface area contributed by atoms with Gasteiger partial charge in [-0.05, 0) is 61.6 Å². The summed E-state index contributed by atoms with van der Waals surface area (Å²) >= 11 is 1.71. The zero-order valence-corrected chi connectivity index (χ0v) is 21.2. The van der Waals surface area contributed by atoms with Crippen LogP contribution in [0.25, 0.3) is 11.4 Å². The van der Waals surface area contributed by atoms with E-state index in [1.54, 1.807) is 17.8 Å². The molecular formula is C27H30F3N5S. The van der Waals surface area contributed by atoms with Gasteiger partial charge in [-0.1, -0.05) is 54.3 Å². The van der Waals surface area contributed by atoms with Gasteiger partial charge in [0.1, 0.15) is 0 Å². The fourth-order valence-electron chi connectivity index (χ4n) is 5.78. The molecule has 2 aromatic rings. The first kappa shape index (κ1) is 25.1. The molecule has 1 unspecified atom stereocenters. The smallest absolute Gasteiger partial charge is 0.305 e. The molecule has 9 heteroatoms. The molecule has 1 saturated heterocycles. The summed E-state index contributed by atoms with van der Waals surface area (Å²) in [6, 6.07) is 10.0. The van der Waals surface area contributed by atoms with E-state index >= 15 is 0 Å². The second-order valence-electron chi connectivity index (χ2n) is 10.2. The number of halogens is 3. The molecule has 0 bridgehead atoms. The highest BCUT2D eigenvalue weighted by molar-refractivity contribution is 7.99. The maximum absolute atomic E-state index is 12.9. The number of nitrogens with zero attached hydrogens (tertiary/aromatic N) is 5. The number of aromatic nitrogens is 3. The maximum atomic E-state index is 12.9. The van der Waals surface area contributed by atoms with E-state index in [-0.39, 0.29) is 5.92 Å². The second kappa shape index (κ2) is 10.1. The minimum Gasteiger partial charge on any atom is -0.305 e. The monoisotopic (exact) mass is 513 g/mol. The Balaban J connectivity index is 1.06. The summed E-state index contributed by atoms with van der Waals surface area (Å²) in [6.45, 7) is 3.18. The van der Waals surface area contributed by atoms with Gasteiger partial charge in [0.2, 0.25) is 0 Å². The van der Waals surface area contributed by atoms with Crippen LogP contribution in [0.1, 0.15) is 31.2 Å². The summed E-state index contributed by atoms with van der Waals surface area (Å²) in [4.78, 5) is 2.52. The van der Waals surface area contributed by atoms with Crippen LogP contribution in [0, 0.1) is 28.6 Å². The van der Waals surface area contributed by atoms with Crippen LogP contribution in [0.3, 0.4) is 0 Å². The van der Waals surface area contributed by atoms with Crippen molar-refractivity contribution in [2.45, 2.75) is 43.4 Å². The van der Waals surface area contributed by atoms with Crippen molar-refractivity contribution in [1.82, 2.24) is 19.7 Å². The molecule has 2 aliphatic carbocycles. The highest BCUT2D eigenvalue weighted by Crippen LogP contribution is 2.63. The van der Waals surface area contributed by atoms with Crippen molar-refractivity contribution < 1.29 is 13.2 Å². The molecule has 1 aromatic heterocycles. The van der Waals surface area contributed by atoms with Crippen LogP contribution in [0.2, 0.25) is 0 Å². The Labute approximate surface area is 214 Å². The van der Waals surface area contributed by atoms with E-state index in [4.69, 9.17) is 5.26 Å². The quantitative estimate of drug-likeness (QED) is 0.330. The lowest BCUT2D eigenvalue weighted by molar-refractivity contribution is -0.0887. The van der Waals surface area contributed by atoms with E-state index in [1.165, 1.54) is 12.2 Å². The molecule has 0 amide bonds. The minimum absolute atomic E-state index is 0.249. The first-order chi connectivity index (χ1) is 17.3. The third-order valence-electron chi connectivity index (χ3n) is 7.87. The third-order valence-corrected chi connectivity index (χ3v) is 8.98. The van der Waals surface area contributed by atoms with E-state index in [1.807, 2.05) is 35.9 Å². The summed E-state index contributed by atoms with van der Waals surface area (Å²) in [6.07, 6.45) is 4.49. The van der Waals surface area contributed by atoms with Gasteiger partial charge in [0.15, 0.2) is 11.0 Å². The third kappa shape index (κ3) is 5.25. The largest absolute Gasteiger partial charge is 0.416 e. The average molecular weight is 514 g/mol. The van der Waals surface area contributed by atoms with Gasteiger partial charge in [-0.25, -0.2) is 0 Å². The standard InChI is InChI=1S/C27H30F3N5S/c1-34-24(21-5-3-19(4-6-21)11-13-31)32-33-25(34)36-16-2-14-35-15-12-26(18-35)17-23(26)20-7-9-22(10-8-20)27(28,29)30/h3-7,9-10,20,23H,2,8,11-12,14-18H2,1H3/t20?,23-,26+/m1/s1. The first-order valence-corrected chi connectivity index (χ1v) is 13.4. The summed E-state index contributed by atoms with van der Waals surface area (Å²) in [5, 5.41) is 18.4. The number of hydrogen-bond acceptors (Lipinski definition) is 5. The molecule has 1 saturated carbocycles. The number of hydrogen-bond donors (Lipinski definition) is 0. The van der Waals surface area contributed by atoms with Crippen LogP contribution in [-0.4, -0.2) is 51.2 Å². The van der Waals surface area contributed by atoms with Gasteiger partial charge in [0, 0.05) is 24.9 Å². The van der Waals surface area contributed by atoms with Crippen LogP contribution < -0.4 is 0 Å². The van der Waals surface area contributed by atoms with Gasteiger partial charge >= 0.3 is 6.18 Å². The molecule has 1 aliphatic heterocycles. The predicted molar refractivity (Wildman–Crippen MR) is 134 cm³/mol. The molecular weight excluding hydrogens is 483 g/mol. The van der Waals surface area contributed by atoms with Crippen molar-refractivity contribution in [3.63, 3.8) is 0 Å².